The van der Waals surface area contributed by atoms with Gasteiger partial charge in [-0.2, -0.15) is 10.2 Å². The number of ether oxygens (including phenoxy) is 1. The van der Waals surface area contributed by atoms with Crippen LogP contribution in [-0.2, 0) is 0 Å². The first-order valence-corrected chi connectivity index (χ1v) is 7.75. The molecule has 2 heterocycles. The molecule has 0 spiro atoms. The summed E-state index contributed by atoms with van der Waals surface area (Å²) in [6, 6.07) is 17.4. The highest BCUT2D eigenvalue weighted by Crippen LogP contribution is 2.33. The van der Waals surface area contributed by atoms with Crippen LogP contribution in [0.2, 0.25) is 0 Å². The molecule has 0 bridgehead atoms. The fraction of sp³-hybridized carbons (Fsp3) is 0.0556. The van der Waals surface area contributed by atoms with Crippen LogP contribution >= 0.6 is 0 Å². The summed E-state index contributed by atoms with van der Waals surface area (Å²) in [5.41, 5.74) is 8.52. The predicted octanol–water partition coefficient (Wildman–Crippen LogP) is 2.62. The second-order valence-electron chi connectivity index (χ2n) is 5.59. The third-order valence-electron chi connectivity index (χ3n) is 4.05. The number of para-hydroxylation sites is 1. The van der Waals surface area contributed by atoms with Crippen LogP contribution in [0.5, 0.6) is 11.5 Å². The van der Waals surface area contributed by atoms with E-state index in [1.807, 2.05) is 54.6 Å². The third kappa shape index (κ3) is 2.72. The number of anilines is 1. The maximum absolute atomic E-state index is 6.01. The van der Waals surface area contributed by atoms with E-state index in [9.17, 15) is 0 Å². The van der Waals surface area contributed by atoms with Crippen LogP contribution in [-0.4, -0.2) is 22.2 Å². The van der Waals surface area contributed by atoms with E-state index < -0.39 is 0 Å². The average molecular weight is 332 g/mol. The van der Waals surface area contributed by atoms with E-state index in [1.54, 1.807) is 6.21 Å². The Hall–Kier alpha value is -3.61. The summed E-state index contributed by atoms with van der Waals surface area (Å²) < 4.78 is 5.82. The summed E-state index contributed by atoms with van der Waals surface area (Å²) in [5.74, 6) is 7.60. The van der Waals surface area contributed by atoms with Crippen molar-refractivity contribution < 1.29 is 4.74 Å². The predicted molar refractivity (Wildman–Crippen MR) is 97.0 cm³/mol. The Bertz CT molecular complexity index is 943. The van der Waals surface area contributed by atoms with Crippen LogP contribution in [0.3, 0.4) is 0 Å². The van der Waals surface area contributed by atoms with Gasteiger partial charge in [0.25, 0.3) is 0 Å². The van der Waals surface area contributed by atoms with Crippen molar-refractivity contribution in [2.75, 3.05) is 5.73 Å². The fourth-order valence-electron chi connectivity index (χ4n) is 2.85. The molecule has 5 N–H and O–H groups in total. The van der Waals surface area contributed by atoms with Crippen molar-refractivity contribution in [3.05, 3.63) is 71.4 Å². The molecule has 0 saturated carbocycles. The normalized spacial score (nSPS) is 17.4. The van der Waals surface area contributed by atoms with Gasteiger partial charge in [-0.15, -0.1) is 0 Å². The van der Waals surface area contributed by atoms with Crippen molar-refractivity contribution in [1.82, 2.24) is 10.2 Å². The van der Waals surface area contributed by atoms with Gasteiger partial charge in [-0.05, 0) is 29.8 Å². The molecule has 1 aliphatic rings. The molecule has 0 radical (unpaired) electrons. The fourth-order valence-corrected chi connectivity index (χ4v) is 2.85. The average Bonchev–Trinajstić information content (AvgIpc) is 3.05. The molecule has 1 aliphatic heterocycles. The highest BCUT2D eigenvalue weighted by Gasteiger charge is 2.27. The van der Waals surface area contributed by atoms with Crippen LogP contribution in [0.25, 0.3) is 0 Å². The number of nitrogens with zero attached hydrogens (tertiary/aromatic N) is 3. The lowest BCUT2D eigenvalue weighted by Gasteiger charge is -2.18. The molecule has 4 rings (SSSR count). The number of fused-ring (bicyclic) bond motifs is 1. The summed E-state index contributed by atoms with van der Waals surface area (Å²) in [6.45, 7) is 0. The Morgan fingerprint density at radius 3 is 2.44 bits per heavy atom. The Morgan fingerprint density at radius 2 is 1.72 bits per heavy atom. The molecule has 124 valence electrons. The van der Waals surface area contributed by atoms with Crippen molar-refractivity contribution in [1.29, 1.82) is 0 Å². The maximum Gasteiger partial charge on any atom is 0.196 e. The number of aliphatic imine (C=N–C) groups is 1. The SMILES string of the molecule is NN=C1N=CC(c2ccc(Oc3ccccc3)cc2)c2c(N)n[nH]c21. The lowest BCUT2D eigenvalue weighted by Crippen LogP contribution is -2.17. The molecule has 7 nitrogen and oxygen atoms in total. The van der Waals surface area contributed by atoms with Gasteiger partial charge in [0.15, 0.2) is 5.84 Å². The minimum absolute atomic E-state index is 0.120. The van der Waals surface area contributed by atoms with Gasteiger partial charge in [-0.1, -0.05) is 30.3 Å². The van der Waals surface area contributed by atoms with Gasteiger partial charge in [0.05, 0.1) is 5.92 Å². The van der Waals surface area contributed by atoms with Crippen LogP contribution in [0.15, 0.2) is 64.7 Å². The number of rotatable bonds is 3. The summed E-state index contributed by atoms with van der Waals surface area (Å²) in [5, 5.41) is 10.6. The second-order valence-corrected chi connectivity index (χ2v) is 5.59. The van der Waals surface area contributed by atoms with E-state index in [0.29, 0.717) is 17.3 Å². The topological polar surface area (TPSA) is 115 Å². The molecule has 0 fully saturated rings. The number of benzene rings is 2. The van der Waals surface area contributed by atoms with Gasteiger partial charge in [-0.25, -0.2) is 4.99 Å². The van der Waals surface area contributed by atoms with Gasteiger partial charge in [0.1, 0.15) is 23.0 Å². The zero-order valence-electron chi connectivity index (χ0n) is 13.3. The highest BCUT2D eigenvalue weighted by molar-refractivity contribution is 6.08. The third-order valence-corrected chi connectivity index (χ3v) is 4.05. The zero-order valence-corrected chi connectivity index (χ0v) is 13.3. The number of nitrogen functional groups attached to an aromatic ring is 1. The lowest BCUT2D eigenvalue weighted by atomic mass is 9.90. The number of H-pyrrole nitrogens is 1. The molecular formula is C18H16N6O. The molecule has 1 atom stereocenters. The van der Waals surface area contributed by atoms with E-state index >= 15 is 0 Å². The molecule has 0 aliphatic carbocycles. The Kier molecular flexibility index (Phi) is 3.66. The van der Waals surface area contributed by atoms with Crippen molar-refractivity contribution >= 4 is 17.9 Å². The number of nitrogens with two attached hydrogens (primary N) is 2. The summed E-state index contributed by atoms with van der Waals surface area (Å²) in [6.07, 6.45) is 1.77. The Balaban J connectivity index is 1.63. The number of hydrazone groups is 1. The second kappa shape index (κ2) is 6.12. The van der Waals surface area contributed by atoms with Gasteiger partial charge >= 0.3 is 0 Å². The minimum Gasteiger partial charge on any atom is -0.457 e. The standard InChI is InChI=1S/C18H16N6O/c19-17-15-14(10-21-18(22-20)16(15)23-24-17)11-6-8-13(9-7-11)25-12-4-2-1-3-5-12/h1-10,14H,20H2,(H3,19,23,24). The van der Waals surface area contributed by atoms with Crippen LogP contribution < -0.4 is 16.3 Å². The molecule has 1 unspecified atom stereocenters. The number of hydrogen-bond acceptors (Lipinski definition) is 5. The van der Waals surface area contributed by atoms with Crippen LogP contribution in [0.4, 0.5) is 5.82 Å². The molecule has 7 heteroatoms. The molecule has 0 saturated heterocycles. The van der Waals surface area contributed by atoms with Gasteiger partial charge < -0.3 is 16.3 Å². The highest BCUT2D eigenvalue weighted by atomic mass is 16.5. The molecule has 25 heavy (non-hydrogen) atoms. The number of aromatic nitrogens is 2. The Labute approximate surface area is 144 Å². The summed E-state index contributed by atoms with van der Waals surface area (Å²) >= 11 is 0. The van der Waals surface area contributed by atoms with Crippen LogP contribution in [0, 0.1) is 0 Å². The zero-order chi connectivity index (χ0) is 17.2. The minimum atomic E-state index is -0.120. The van der Waals surface area contributed by atoms with Gasteiger partial charge in [0.2, 0.25) is 0 Å². The molecule has 1 aromatic heterocycles. The molecule has 0 amide bonds. The number of nitrogens with one attached hydrogen (secondary N) is 1. The molecule has 2 aromatic carbocycles. The van der Waals surface area contributed by atoms with Crippen molar-refractivity contribution in [3.8, 4) is 11.5 Å². The maximum atomic E-state index is 6.01. The van der Waals surface area contributed by atoms with Crippen molar-refractivity contribution in [3.63, 3.8) is 0 Å². The molecular weight excluding hydrogens is 316 g/mol. The summed E-state index contributed by atoms with van der Waals surface area (Å²) in [7, 11) is 0. The van der Waals surface area contributed by atoms with E-state index in [1.165, 1.54) is 0 Å². The first-order chi connectivity index (χ1) is 12.3. The van der Waals surface area contributed by atoms with E-state index in [-0.39, 0.29) is 5.92 Å². The smallest absolute Gasteiger partial charge is 0.196 e. The lowest BCUT2D eigenvalue weighted by molar-refractivity contribution is 0.482. The molecule has 3 aromatic rings. The monoisotopic (exact) mass is 332 g/mol. The van der Waals surface area contributed by atoms with E-state index in [2.05, 4.69) is 20.3 Å². The van der Waals surface area contributed by atoms with Gasteiger partial charge in [-0.3, -0.25) is 5.10 Å². The summed E-state index contributed by atoms with van der Waals surface area (Å²) in [4.78, 5) is 4.29. The van der Waals surface area contributed by atoms with E-state index in [0.717, 1.165) is 22.6 Å². The number of hydrogen-bond donors (Lipinski definition) is 3. The van der Waals surface area contributed by atoms with Crippen molar-refractivity contribution in [2.45, 2.75) is 5.92 Å². The van der Waals surface area contributed by atoms with Crippen LogP contribution in [0.1, 0.15) is 22.7 Å². The largest absolute Gasteiger partial charge is 0.457 e. The number of aromatic amines is 1. The van der Waals surface area contributed by atoms with E-state index in [4.69, 9.17) is 16.3 Å². The first-order valence-electron chi connectivity index (χ1n) is 7.75. The van der Waals surface area contributed by atoms with Crippen molar-refractivity contribution in [2.24, 2.45) is 15.9 Å². The Morgan fingerprint density at radius 1 is 1.00 bits per heavy atom. The quantitative estimate of drug-likeness (QED) is 0.505. The van der Waals surface area contributed by atoms with Gasteiger partial charge in [0, 0.05) is 11.8 Å². The first kappa shape index (κ1) is 14.9. The number of amidine groups is 1.